The molecule has 4 aromatic rings. The Labute approximate surface area is 236 Å². The highest BCUT2D eigenvalue weighted by atomic mass is 35.5. The Kier molecular flexibility index (Phi) is 5.88. The van der Waals surface area contributed by atoms with Gasteiger partial charge < -0.3 is 19.4 Å². The first-order chi connectivity index (χ1) is 19.1. The molecule has 9 nitrogen and oxygen atoms in total. The maximum Gasteiger partial charge on any atom is 0.280 e. The van der Waals surface area contributed by atoms with Crippen molar-refractivity contribution < 1.29 is 19.1 Å². The molecule has 10 heteroatoms. The Morgan fingerprint density at radius 2 is 1.75 bits per heavy atom. The highest BCUT2D eigenvalue weighted by molar-refractivity contribution is 6.31. The summed E-state index contributed by atoms with van der Waals surface area (Å²) in [6.07, 6.45) is 0. The maximum absolute atomic E-state index is 14.5. The van der Waals surface area contributed by atoms with Gasteiger partial charge in [0.1, 0.15) is 5.82 Å². The molecule has 0 radical (unpaired) electrons. The van der Waals surface area contributed by atoms with Crippen LogP contribution >= 0.6 is 11.6 Å². The number of anilines is 2. The molecule has 40 heavy (non-hydrogen) atoms. The molecule has 2 aliphatic rings. The lowest BCUT2D eigenvalue weighted by Gasteiger charge is -2.36. The van der Waals surface area contributed by atoms with E-state index >= 15 is 0 Å². The summed E-state index contributed by atoms with van der Waals surface area (Å²) in [5.74, 6) is 0.413. The van der Waals surface area contributed by atoms with E-state index in [2.05, 4.69) is 10.3 Å². The summed E-state index contributed by atoms with van der Waals surface area (Å²) in [4.78, 5) is 39.8. The van der Waals surface area contributed by atoms with Crippen molar-refractivity contribution in [1.29, 1.82) is 0 Å². The van der Waals surface area contributed by atoms with Crippen LogP contribution in [0.4, 0.5) is 11.4 Å². The van der Waals surface area contributed by atoms with Crippen LogP contribution in [0.3, 0.4) is 0 Å². The molecule has 6 rings (SSSR count). The molecule has 4 heterocycles. The summed E-state index contributed by atoms with van der Waals surface area (Å²) in [7, 11) is 3.04. The van der Waals surface area contributed by atoms with E-state index < -0.39 is 5.54 Å². The van der Waals surface area contributed by atoms with Crippen molar-refractivity contribution in [1.82, 2.24) is 14.5 Å². The minimum absolute atomic E-state index is 0.189. The van der Waals surface area contributed by atoms with Crippen LogP contribution in [0.2, 0.25) is 5.02 Å². The molecule has 0 aliphatic carbocycles. The number of amides is 2. The monoisotopic (exact) mass is 557 g/mol. The van der Waals surface area contributed by atoms with E-state index in [1.807, 2.05) is 56.5 Å². The fraction of sp³-hybridized carbons (Fsp3) is 0.267. The van der Waals surface area contributed by atoms with Gasteiger partial charge in [0.25, 0.3) is 11.8 Å². The molecular weight excluding hydrogens is 530 g/mol. The molecule has 2 aliphatic heterocycles. The van der Waals surface area contributed by atoms with Gasteiger partial charge in [0.15, 0.2) is 11.2 Å². The molecule has 1 N–H and O–H groups in total. The number of halogens is 1. The highest BCUT2D eigenvalue weighted by Gasteiger charge is 2.64. The smallest absolute Gasteiger partial charge is 0.280 e. The van der Waals surface area contributed by atoms with Crippen molar-refractivity contribution in [3.8, 4) is 23.1 Å². The number of carbonyl (C=O) groups excluding carboxylic acids is 2. The Morgan fingerprint density at radius 1 is 0.975 bits per heavy atom. The first-order valence-electron chi connectivity index (χ1n) is 12.9. The number of hydrogen-bond acceptors (Lipinski definition) is 6. The van der Waals surface area contributed by atoms with Crippen LogP contribution in [0.15, 0.2) is 48.5 Å². The van der Waals surface area contributed by atoms with Gasteiger partial charge >= 0.3 is 0 Å². The zero-order valence-corrected chi connectivity index (χ0v) is 23.8. The van der Waals surface area contributed by atoms with Crippen molar-refractivity contribution in [3.05, 3.63) is 81.6 Å². The zero-order chi connectivity index (χ0) is 28.5. The Balaban J connectivity index is 1.73. The van der Waals surface area contributed by atoms with Gasteiger partial charge in [-0.25, -0.2) is 4.98 Å². The van der Waals surface area contributed by atoms with Crippen molar-refractivity contribution in [2.75, 3.05) is 24.4 Å². The molecule has 204 valence electrons. The number of nitrogens with one attached hydrogen (secondary N) is 1. The summed E-state index contributed by atoms with van der Waals surface area (Å²) in [5, 5.41) is 3.48. The first kappa shape index (κ1) is 25.9. The second-order valence-corrected chi connectivity index (χ2v) is 10.7. The Bertz CT molecular complexity index is 1730. The number of imidazole rings is 1. The van der Waals surface area contributed by atoms with E-state index in [1.165, 1.54) is 14.2 Å². The fourth-order valence-electron chi connectivity index (χ4n) is 5.83. The van der Waals surface area contributed by atoms with Gasteiger partial charge in [0.2, 0.25) is 11.8 Å². The molecule has 0 bridgehead atoms. The fourth-order valence-corrected chi connectivity index (χ4v) is 6.00. The van der Waals surface area contributed by atoms with E-state index in [9.17, 15) is 9.59 Å². The molecule has 2 amide bonds. The molecule has 0 saturated carbocycles. The maximum atomic E-state index is 14.5. The molecule has 2 aromatic heterocycles. The highest BCUT2D eigenvalue weighted by Crippen LogP contribution is 2.55. The van der Waals surface area contributed by atoms with Gasteiger partial charge in [-0.05, 0) is 63.1 Å². The summed E-state index contributed by atoms with van der Waals surface area (Å²) >= 11 is 6.34. The lowest BCUT2D eigenvalue weighted by Crippen LogP contribution is -2.51. The second-order valence-electron chi connectivity index (χ2n) is 10.3. The molecule has 1 atom stereocenters. The molecule has 1 spiro atoms. The lowest BCUT2D eigenvalue weighted by atomic mass is 9.86. The van der Waals surface area contributed by atoms with Crippen LogP contribution in [0.25, 0.3) is 11.4 Å². The Morgan fingerprint density at radius 3 is 2.45 bits per heavy atom. The van der Waals surface area contributed by atoms with E-state index in [4.69, 9.17) is 26.1 Å². The van der Waals surface area contributed by atoms with Crippen molar-refractivity contribution in [3.63, 3.8) is 0 Å². The topological polar surface area (TPSA) is 98.6 Å². The van der Waals surface area contributed by atoms with Crippen LogP contribution < -0.4 is 19.7 Å². The molecule has 0 saturated heterocycles. The van der Waals surface area contributed by atoms with E-state index in [0.717, 1.165) is 11.1 Å². The average molecular weight is 558 g/mol. The van der Waals surface area contributed by atoms with Crippen LogP contribution in [0.5, 0.6) is 11.8 Å². The first-order valence-corrected chi connectivity index (χ1v) is 13.3. The van der Waals surface area contributed by atoms with Crippen molar-refractivity contribution in [2.45, 2.75) is 39.3 Å². The second kappa shape index (κ2) is 9.09. The van der Waals surface area contributed by atoms with Crippen LogP contribution in [0.1, 0.15) is 52.8 Å². The van der Waals surface area contributed by atoms with Gasteiger partial charge in [-0.3, -0.25) is 14.5 Å². The van der Waals surface area contributed by atoms with Crippen LogP contribution in [-0.2, 0) is 10.3 Å². The number of nitrogens with zero attached hydrogens (tertiary/aromatic N) is 4. The van der Waals surface area contributed by atoms with E-state index in [0.29, 0.717) is 50.8 Å². The molecule has 0 fully saturated rings. The number of aromatic nitrogens is 3. The zero-order valence-electron chi connectivity index (χ0n) is 23.0. The number of fused-ring (bicyclic) bond motifs is 4. The number of rotatable bonds is 5. The SMILES string of the molecule is COc1ccc(-c2nc3c(n2C(C)C)C2(C(=O)Nc4cc(Cl)ccc42)N(c2cc(C)ccc2C)C3=O)c(OC)n1. The number of pyridine rings is 1. The van der Waals surface area contributed by atoms with Gasteiger partial charge in [-0.15, -0.1) is 0 Å². The number of hydrogen-bond donors (Lipinski definition) is 1. The molecule has 1 unspecified atom stereocenters. The summed E-state index contributed by atoms with van der Waals surface area (Å²) < 4.78 is 12.8. The predicted molar refractivity (Wildman–Crippen MR) is 153 cm³/mol. The quantitative estimate of drug-likeness (QED) is 0.339. The van der Waals surface area contributed by atoms with Crippen LogP contribution in [-0.4, -0.2) is 40.6 Å². The van der Waals surface area contributed by atoms with Gasteiger partial charge in [-0.1, -0.05) is 29.8 Å². The third-order valence-electron chi connectivity index (χ3n) is 7.54. The predicted octanol–water partition coefficient (Wildman–Crippen LogP) is 5.67. The van der Waals surface area contributed by atoms with Crippen molar-refractivity contribution in [2.24, 2.45) is 0 Å². The summed E-state index contributed by atoms with van der Waals surface area (Å²) in [6, 6.07) is 14.4. The number of carbonyl (C=O) groups is 2. The number of benzene rings is 2. The average Bonchev–Trinajstić information content (AvgIpc) is 3.53. The lowest BCUT2D eigenvalue weighted by molar-refractivity contribution is -0.119. The molecule has 2 aromatic carbocycles. The van der Waals surface area contributed by atoms with E-state index in [-0.39, 0.29) is 23.6 Å². The standard InChI is InChI=1S/C30H28ClN5O4/c1-15(2)35-25-24(34-26(35)19-10-12-23(39-5)33-27(19)40-6)28(37)36(22-13-16(3)7-8-17(22)4)30(25)20-11-9-18(31)14-21(20)32-29(30)38/h7-15H,1-6H3,(H,32,38). The summed E-state index contributed by atoms with van der Waals surface area (Å²) in [6.45, 7) is 7.86. The normalized spacial score (nSPS) is 17.4. The number of ether oxygens (including phenoxy) is 2. The summed E-state index contributed by atoms with van der Waals surface area (Å²) in [5.41, 5.74) is 3.37. The third-order valence-corrected chi connectivity index (χ3v) is 7.78. The van der Waals surface area contributed by atoms with Gasteiger partial charge in [0, 0.05) is 34.1 Å². The minimum Gasteiger partial charge on any atom is -0.481 e. The third kappa shape index (κ3) is 3.40. The Hall–Kier alpha value is -4.37. The van der Waals surface area contributed by atoms with Gasteiger partial charge in [0.05, 0.1) is 25.5 Å². The largest absolute Gasteiger partial charge is 0.481 e. The molecular formula is C30H28ClN5O4. The minimum atomic E-state index is -1.52. The van der Waals surface area contributed by atoms with Gasteiger partial charge in [-0.2, -0.15) is 4.98 Å². The van der Waals surface area contributed by atoms with Crippen molar-refractivity contribution >= 4 is 34.8 Å². The van der Waals surface area contributed by atoms with Crippen LogP contribution in [0, 0.1) is 13.8 Å². The number of aryl methyl sites for hydroxylation is 2. The van der Waals surface area contributed by atoms with E-state index in [1.54, 1.807) is 29.2 Å². The number of methoxy groups -OCH3 is 2.